The van der Waals surface area contributed by atoms with Crippen LogP contribution in [0.3, 0.4) is 0 Å². The molecule has 30 heavy (non-hydrogen) atoms. The van der Waals surface area contributed by atoms with Crippen molar-refractivity contribution in [3.05, 3.63) is 58.9 Å². The Morgan fingerprint density at radius 1 is 1.23 bits per heavy atom. The molecule has 0 atom stereocenters. The average molecular weight is 452 g/mol. The molecule has 0 saturated heterocycles. The van der Waals surface area contributed by atoms with Crippen molar-refractivity contribution in [1.82, 2.24) is 10.2 Å². The largest absolute Gasteiger partial charge is 0.483 e. The lowest BCUT2D eigenvalue weighted by Gasteiger charge is -2.10. The Hall–Kier alpha value is -3.22. The number of nitrogens with one attached hydrogen (secondary N) is 1. The first-order valence-corrected chi connectivity index (χ1v) is 10.6. The van der Waals surface area contributed by atoms with Crippen LogP contribution in [-0.2, 0) is 14.8 Å². The summed E-state index contributed by atoms with van der Waals surface area (Å²) in [6.07, 6.45) is 0. The van der Waals surface area contributed by atoms with E-state index in [-0.39, 0.29) is 27.6 Å². The molecule has 9 nitrogen and oxygen atoms in total. The molecule has 0 unspecified atom stereocenters. The molecule has 1 aromatic heterocycles. The van der Waals surface area contributed by atoms with Crippen molar-refractivity contribution in [2.24, 2.45) is 5.14 Å². The molecular weight excluding hydrogens is 435 g/mol. The standard InChI is InChI=1S/C17H15FN4O3S2.CH2O2/c1-9-7-11(8-14(10(9)2)27(19,24)25)15(23)20-17-22-21-16(26-17)12-5-3-4-6-13(12)18;2-1-3/h3-8H,1-2H3,(H2,19,24,25)(H,20,22,23);1H,(H,2,3). The third-order valence-electron chi connectivity index (χ3n) is 3.94. The molecule has 158 valence electrons. The number of aryl methyl sites for hydroxylation is 1. The molecule has 2 aromatic carbocycles. The van der Waals surface area contributed by atoms with E-state index in [0.717, 1.165) is 11.3 Å². The van der Waals surface area contributed by atoms with Crippen LogP contribution in [0.5, 0.6) is 0 Å². The number of carboxylic acid groups (broad SMARTS) is 1. The van der Waals surface area contributed by atoms with Crippen LogP contribution in [0.15, 0.2) is 41.3 Å². The summed E-state index contributed by atoms with van der Waals surface area (Å²) in [7, 11) is -3.97. The van der Waals surface area contributed by atoms with Gasteiger partial charge in [-0.15, -0.1) is 10.2 Å². The number of primary sulfonamides is 1. The first-order chi connectivity index (χ1) is 14.1. The first kappa shape index (κ1) is 23.1. The van der Waals surface area contributed by atoms with Crippen molar-refractivity contribution in [2.75, 3.05) is 5.32 Å². The summed E-state index contributed by atoms with van der Waals surface area (Å²) in [5, 5.41) is 22.8. The Morgan fingerprint density at radius 2 is 1.87 bits per heavy atom. The molecule has 12 heteroatoms. The van der Waals surface area contributed by atoms with Gasteiger partial charge < -0.3 is 5.11 Å². The molecule has 0 saturated carbocycles. The number of anilines is 1. The minimum absolute atomic E-state index is 0.114. The fraction of sp³-hybridized carbons (Fsp3) is 0.111. The van der Waals surface area contributed by atoms with Gasteiger partial charge >= 0.3 is 0 Å². The second-order valence-corrected chi connectivity index (χ2v) is 8.42. The van der Waals surface area contributed by atoms with Gasteiger partial charge in [-0.25, -0.2) is 17.9 Å². The van der Waals surface area contributed by atoms with Gasteiger partial charge in [0.2, 0.25) is 15.2 Å². The molecule has 3 aromatic rings. The van der Waals surface area contributed by atoms with E-state index in [1.807, 2.05) is 0 Å². The van der Waals surface area contributed by atoms with Gasteiger partial charge in [0.05, 0.1) is 4.90 Å². The zero-order valence-corrected chi connectivity index (χ0v) is 17.4. The zero-order chi connectivity index (χ0) is 22.5. The van der Waals surface area contributed by atoms with Crippen molar-refractivity contribution in [2.45, 2.75) is 18.7 Å². The third-order valence-corrected chi connectivity index (χ3v) is 5.85. The number of carbonyl (C=O) groups is 2. The highest BCUT2D eigenvalue weighted by molar-refractivity contribution is 7.89. The number of hydrogen-bond donors (Lipinski definition) is 3. The Kier molecular flexibility index (Phi) is 7.32. The van der Waals surface area contributed by atoms with Crippen molar-refractivity contribution >= 4 is 38.9 Å². The molecule has 0 radical (unpaired) electrons. The van der Waals surface area contributed by atoms with Gasteiger partial charge in [0.1, 0.15) is 5.82 Å². The number of nitrogens with zero attached hydrogens (tertiary/aromatic N) is 2. The van der Waals surface area contributed by atoms with Crippen LogP contribution in [0, 0.1) is 19.7 Å². The normalized spacial score (nSPS) is 10.7. The molecule has 1 amide bonds. The fourth-order valence-corrected chi connectivity index (χ4v) is 4.08. The average Bonchev–Trinajstić information content (AvgIpc) is 3.12. The molecule has 0 fully saturated rings. The minimum Gasteiger partial charge on any atom is -0.483 e. The van der Waals surface area contributed by atoms with Crippen LogP contribution in [-0.4, -0.2) is 36.1 Å². The molecule has 0 aliphatic heterocycles. The predicted octanol–water partition coefficient (Wildman–Crippen LogP) is 2.56. The molecule has 0 aliphatic carbocycles. The predicted molar refractivity (Wildman–Crippen MR) is 109 cm³/mol. The van der Waals surface area contributed by atoms with Gasteiger partial charge in [-0.2, -0.15) is 0 Å². The SMILES string of the molecule is Cc1cc(C(=O)Nc2nnc(-c3ccccc3F)s2)cc(S(N)(=O)=O)c1C.O=CO. The molecule has 0 aliphatic rings. The number of nitrogens with two attached hydrogens (primary N) is 1. The number of hydrogen-bond acceptors (Lipinski definition) is 7. The summed E-state index contributed by atoms with van der Waals surface area (Å²) in [4.78, 5) is 20.7. The topological polar surface area (TPSA) is 152 Å². The highest BCUT2D eigenvalue weighted by Crippen LogP contribution is 2.28. The van der Waals surface area contributed by atoms with E-state index in [1.54, 1.807) is 38.1 Å². The number of amides is 1. The lowest BCUT2D eigenvalue weighted by molar-refractivity contribution is -0.122. The Balaban J connectivity index is 0.00000101. The lowest BCUT2D eigenvalue weighted by Crippen LogP contribution is -2.17. The van der Waals surface area contributed by atoms with Crippen LogP contribution in [0.4, 0.5) is 9.52 Å². The first-order valence-electron chi connectivity index (χ1n) is 8.20. The van der Waals surface area contributed by atoms with Crippen molar-refractivity contribution < 1.29 is 27.5 Å². The van der Waals surface area contributed by atoms with E-state index < -0.39 is 21.7 Å². The molecule has 4 N–H and O–H groups in total. The maximum Gasteiger partial charge on any atom is 0.290 e. The summed E-state index contributed by atoms with van der Waals surface area (Å²) in [6, 6.07) is 8.86. The fourth-order valence-electron chi connectivity index (χ4n) is 2.44. The summed E-state index contributed by atoms with van der Waals surface area (Å²) >= 11 is 1.00. The van der Waals surface area contributed by atoms with Crippen LogP contribution >= 0.6 is 11.3 Å². The van der Waals surface area contributed by atoms with Crippen molar-refractivity contribution in [1.29, 1.82) is 0 Å². The van der Waals surface area contributed by atoms with Crippen LogP contribution in [0.1, 0.15) is 21.5 Å². The van der Waals surface area contributed by atoms with Crippen molar-refractivity contribution in [3.63, 3.8) is 0 Å². The van der Waals surface area contributed by atoms with Crippen LogP contribution in [0.2, 0.25) is 0 Å². The number of sulfonamides is 1. The van der Waals surface area contributed by atoms with E-state index in [0.29, 0.717) is 16.1 Å². The molecule has 3 rings (SSSR count). The molecule has 0 bridgehead atoms. The monoisotopic (exact) mass is 452 g/mol. The summed E-state index contributed by atoms with van der Waals surface area (Å²) in [5.74, 6) is -1.02. The number of rotatable bonds is 4. The Morgan fingerprint density at radius 3 is 2.47 bits per heavy atom. The van der Waals surface area contributed by atoms with Gasteiger partial charge in [-0.3, -0.25) is 14.9 Å². The minimum atomic E-state index is -3.97. The number of halogens is 1. The number of carbonyl (C=O) groups excluding carboxylic acids is 1. The van der Waals surface area contributed by atoms with E-state index in [9.17, 15) is 17.6 Å². The molecule has 1 heterocycles. The Bertz CT molecular complexity index is 1200. The van der Waals surface area contributed by atoms with E-state index in [2.05, 4.69) is 15.5 Å². The highest BCUT2D eigenvalue weighted by atomic mass is 32.2. The summed E-state index contributed by atoms with van der Waals surface area (Å²) < 4.78 is 37.3. The van der Waals surface area contributed by atoms with E-state index in [1.165, 1.54) is 12.1 Å². The van der Waals surface area contributed by atoms with Crippen LogP contribution < -0.4 is 10.5 Å². The van der Waals surface area contributed by atoms with Gasteiger partial charge in [-0.05, 0) is 49.2 Å². The van der Waals surface area contributed by atoms with Gasteiger partial charge in [0, 0.05) is 11.1 Å². The van der Waals surface area contributed by atoms with E-state index >= 15 is 0 Å². The molecule has 0 spiro atoms. The summed E-state index contributed by atoms with van der Waals surface area (Å²) in [6.45, 7) is 3.05. The van der Waals surface area contributed by atoms with Gasteiger partial charge in [0.25, 0.3) is 12.4 Å². The maximum atomic E-state index is 13.8. The Labute approximate surface area is 175 Å². The van der Waals surface area contributed by atoms with Gasteiger partial charge in [0.15, 0.2) is 5.01 Å². The molecular formula is C18H17FN4O5S2. The van der Waals surface area contributed by atoms with E-state index in [4.69, 9.17) is 15.0 Å². The maximum absolute atomic E-state index is 13.8. The number of aromatic nitrogens is 2. The van der Waals surface area contributed by atoms with Crippen LogP contribution in [0.25, 0.3) is 10.6 Å². The zero-order valence-electron chi connectivity index (χ0n) is 15.8. The number of benzene rings is 2. The van der Waals surface area contributed by atoms with Gasteiger partial charge in [-0.1, -0.05) is 23.5 Å². The summed E-state index contributed by atoms with van der Waals surface area (Å²) in [5.41, 5.74) is 1.48. The second kappa shape index (κ2) is 9.52. The third kappa shape index (κ3) is 5.43. The van der Waals surface area contributed by atoms with Crippen molar-refractivity contribution in [3.8, 4) is 10.6 Å². The second-order valence-electron chi connectivity index (χ2n) is 5.91. The smallest absolute Gasteiger partial charge is 0.290 e. The quantitative estimate of drug-likeness (QED) is 0.514. The highest BCUT2D eigenvalue weighted by Gasteiger charge is 2.19. The lowest BCUT2D eigenvalue weighted by atomic mass is 10.1.